The monoisotopic (exact) mass is 358 g/mol. The van der Waals surface area contributed by atoms with Gasteiger partial charge in [-0.15, -0.1) is 11.3 Å². The van der Waals surface area contributed by atoms with Crippen molar-refractivity contribution in [1.82, 2.24) is 20.2 Å². The lowest BCUT2D eigenvalue weighted by Crippen LogP contribution is -2.31. The second kappa shape index (κ2) is 5.93. The predicted molar refractivity (Wildman–Crippen MR) is 100 cm³/mol. The Bertz CT molecular complexity index is 880. The van der Waals surface area contributed by atoms with Crippen LogP contribution in [0.15, 0.2) is 11.4 Å². The van der Waals surface area contributed by atoms with Crippen LogP contribution in [0.3, 0.4) is 0 Å². The van der Waals surface area contributed by atoms with E-state index in [0.29, 0.717) is 0 Å². The highest BCUT2D eigenvalue weighted by molar-refractivity contribution is 7.98. The lowest BCUT2D eigenvalue weighted by molar-refractivity contribution is 0.569. The van der Waals surface area contributed by atoms with Crippen molar-refractivity contribution in [3.8, 4) is 0 Å². The lowest BCUT2D eigenvalue weighted by Gasteiger charge is -2.27. The fourth-order valence-corrected chi connectivity index (χ4v) is 5.15. The Morgan fingerprint density at radius 1 is 1.08 bits per heavy atom. The first-order valence-electron chi connectivity index (χ1n) is 8.29. The second-order valence-corrected chi connectivity index (χ2v) is 8.10. The molecule has 0 amide bonds. The molecule has 0 saturated carbocycles. The third-order valence-corrected chi connectivity index (χ3v) is 6.51. The molecule has 2 N–H and O–H groups in total. The largest absolute Gasteiger partial charge is 0.341 e. The Hall–Kier alpha value is -1.80. The number of anilines is 3. The Balaban J connectivity index is 1.54. The van der Waals surface area contributed by atoms with E-state index in [9.17, 15) is 0 Å². The Kier molecular flexibility index (Phi) is 3.59. The lowest BCUT2D eigenvalue weighted by atomic mass is 10.1. The van der Waals surface area contributed by atoms with Gasteiger partial charge in [0.25, 0.3) is 0 Å². The number of H-pyrrole nitrogens is 1. The number of hydrogen-bond donors (Lipinski definition) is 2. The predicted octanol–water partition coefficient (Wildman–Crippen LogP) is 3.90. The van der Waals surface area contributed by atoms with Gasteiger partial charge >= 0.3 is 0 Å². The minimum atomic E-state index is 0.838. The topological polar surface area (TPSA) is 69.7 Å². The summed E-state index contributed by atoms with van der Waals surface area (Å²) in [6.07, 6.45) is 3.75. The third kappa shape index (κ3) is 2.44. The van der Waals surface area contributed by atoms with Crippen molar-refractivity contribution in [3.05, 3.63) is 22.7 Å². The molecule has 124 valence electrons. The van der Waals surface area contributed by atoms with Gasteiger partial charge in [0.05, 0.1) is 15.9 Å². The molecule has 1 saturated heterocycles. The first-order chi connectivity index (χ1) is 11.9. The molecule has 0 unspecified atom stereocenters. The number of aromatic nitrogens is 4. The van der Waals surface area contributed by atoms with Crippen molar-refractivity contribution < 1.29 is 0 Å². The molecule has 0 spiro atoms. The normalized spacial score (nSPS) is 17.4. The molecule has 2 aliphatic heterocycles. The van der Waals surface area contributed by atoms with Crippen LogP contribution in [0, 0.1) is 0 Å². The smallest absolute Gasteiger partial charge is 0.227 e. The van der Waals surface area contributed by atoms with Crippen molar-refractivity contribution in [2.24, 2.45) is 0 Å². The molecule has 6 nitrogen and oxygen atoms in total. The van der Waals surface area contributed by atoms with Gasteiger partial charge in [0.2, 0.25) is 5.95 Å². The summed E-state index contributed by atoms with van der Waals surface area (Å²) in [4.78, 5) is 11.9. The summed E-state index contributed by atoms with van der Waals surface area (Å²) in [6, 6.07) is 2.07. The molecule has 2 aliphatic rings. The Morgan fingerprint density at radius 3 is 2.92 bits per heavy atom. The number of thiophene rings is 1. The summed E-state index contributed by atoms with van der Waals surface area (Å²) < 4.78 is 1.10. The van der Waals surface area contributed by atoms with Crippen molar-refractivity contribution in [2.45, 2.75) is 30.8 Å². The number of hydrogen-bond acceptors (Lipinski definition) is 7. The van der Waals surface area contributed by atoms with Gasteiger partial charge in [-0.25, -0.2) is 4.98 Å². The van der Waals surface area contributed by atoms with Gasteiger partial charge in [-0.3, -0.25) is 5.10 Å². The minimum absolute atomic E-state index is 0.838. The minimum Gasteiger partial charge on any atom is -0.341 e. The summed E-state index contributed by atoms with van der Waals surface area (Å²) in [7, 11) is 0. The molecule has 0 aromatic carbocycles. The molecule has 3 aromatic heterocycles. The zero-order chi connectivity index (χ0) is 15.9. The third-order valence-electron chi connectivity index (χ3n) is 4.61. The maximum atomic E-state index is 4.85. The number of nitrogens with one attached hydrogen (secondary N) is 2. The summed E-state index contributed by atoms with van der Waals surface area (Å²) in [5.41, 5.74) is 3.53. The van der Waals surface area contributed by atoms with E-state index in [1.54, 1.807) is 11.3 Å². The van der Waals surface area contributed by atoms with Crippen molar-refractivity contribution in [3.63, 3.8) is 0 Å². The number of aromatic amines is 1. The number of thioether (sulfide) groups is 1. The van der Waals surface area contributed by atoms with Gasteiger partial charge in [0, 0.05) is 30.2 Å². The van der Waals surface area contributed by atoms with E-state index in [2.05, 4.69) is 31.9 Å². The Labute approximate surface area is 148 Å². The second-order valence-electron chi connectivity index (χ2n) is 6.20. The molecular formula is C16H18N6S2. The molecule has 5 heterocycles. The van der Waals surface area contributed by atoms with E-state index in [1.165, 1.54) is 30.5 Å². The van der Waals surface area contributed by atoms with E-state index in [-0.39, 0.29) is 0 Å². The van der Waals surface area contributed by atoms with E-state index in [1.807, 2.05) is 11.8 Å². The van der Waals surface area contributed by atoms with E-state index in [4.69, 9.17) is 9.97 Å². The van der Waals surface area contributed by atoms with Crippen LogP contribution in [-0.4, -0.2) is 33.3 Å². The van der Waals surface area contributed by atoms with E-state index < -0.39 is 0 Å². The van der Waals surface area contributed by atoms with Gasteiger partial charge in [-0.2, -0.15) is 21.8 Å². The molecular weight excluding hydrogens is 340 g/mol. The first-order valence-corrected chi connectivity index (χ1v) is 10.3. The summed E-state index contributed by atoms with van der Waals surface area (Å²) in [5.74, 6) is 4.65. The SMILES string of the molecule is c1cc2nc(N3CCCCC3)nc(Nc3n[nH]c4c3CSC4)c2s1. The van der Waals surface area contributed by atoms with Gasteiger partial charge in [-0.05, 0) is 30.7 Å². The van der Waals surface area contributed by atoms with Gasteiger partial charge in [-0.1, -0.05) is 0 Å². The quantitative estimate of drug-likeness (QED) is 0.740. The van der Waals surface area contributed by atoms with Crippen LogP contribution in [0.5, 0.6) is 0 Å². The van der Waals surface area contributed by atoms with E-state index >= 15 is 0 Å². The standard InChI is InChI=1S/C16H18N6S2/c1-2-5-22(6-3-1)16-17-11-4-7-24-13(11)15(19-16)18-14-10-8-23-9-12(10)20-21-14/h4,7H,1-3,5-6,8-9H2,(H2,17,18,19,20,21). The number of piperidine rings is 1. The van der Waals surface area contributed by atoms with Crippen molar-refractivity contribution >= 4 is 50.9 Å². The molecule has 1 fully saturated rings. The summed E-state index contributed by atoms with van der Waals surface area (Å²) >= 11 is 3.59. The number of rotatable bonds is 3. The van der Waals surface area contributed by atoms with Crippen LogP contribution in [0.2, 0.25) is 0 Å². The average molecular weight is 358 g/mol. The maximum absolute atomic E-state index is 4.85. The summed E-state index contributed by atoms with van der Waals surface area (Å²) in [5, 5.41) is 13.1. The summed E-state index contributed by atoms with van der Waals surface area (Å²) in [6.45, 7) is 2.09. The molecule has 24 heavy (non-hydrogen) atoms. The van der Waals surface area contributed by atoms with Crippen LogP contribution in [0.25, 0.3) is 10.2 Å². The van der Waals surface area contributed by atoms with Crippen LogP contribution in [0.4, 0.5) is 17.6 Å². The van der Waals surface area contributed by atoms with Gasteiger partial charge < -0.3 is 10.2 Å². The van der Waals surface area contributed by atoms with Gasteiger partial charge in [0.1, 0.15) is 0 Å². The van der Waals surface area contributed by atoms with Crippen LogP contribution in [-0.2, 0) is 11.5 Å². The molecule has 0 aliphatic carbocycles. The van der Waals surface area contributed by atoms with Crippen LogP contribution >= 0.6 is 23.1 Å². The molecule has 0 radical (unpaired) electrons. The molecule has 0 bridgehead atoms. The zero-order valence-corrected chi connectivity index (χ0v) is 14.8. The van der Waals surface area contributed by atoms with Crippen molar-refractivity contribution in [1.29, 1.82) is 0 Å². The zero-order valence-electron chi connectivity index (χ0n) is 13.2. The molecule has 8 heteroatoms. The fourth-order valence-electron chi connectivity index (χ4n) is 3.32. The molecule has 0 atom stereocenters. The first kappa shape index (κ1) is 14.5. The highest BCUT2D eigenvalue weighted by atomic mass is 32.2. The number of nitrogens with zero attached hydrogens (tertiary/aromatic N) is 4. The maximum Gasteiger partial charge on any atom is 0.227 e. The van der Waals surface area contributed by atoms with Crippen molar-refractivity contribution in [2.75, 3.05) is 23.3 Å². The molecule has 3 aromatic rings. The highest BCUT2D eigenvalue weighted by Gasteiger charge is 2.21. The molecule has 5 rings (SSSR count). The highest BCUT2D eigenvalue weighted by Crippen LogP contribution is 2.36. The van der Waals surface area contributed by atoms with Crippen LogP contribution in [0.1, 0.15) is 30.5 Å². The fraction of sp³-hybridized carbons (Fsp3) is 0.438. The number of fused-ring (bicyclic) bond motifs is 2. The Morgan fingerprint density at radius 2 is 2.00 bits per heavy atom. The average Bonchev–Trinajstić information content (AvgIpc) is 3.33. The van der Waals surface area contributed by atoms with Gasteiger partial charge in [0.15, 0.2) is 11.6 Å². The van der Waals surface area contributed by atoms with Crippen LogP contribution < -0.4 is 10.2 Å². The van der Waals surface area contributed by atoms with E-state index in [0.717, 1.165) is 52.4 Å².